The molecule has 1 atom stereocenters. The quantitative estimate of drug-likeness (QED) is 0.359. The summed E-state index contributed by atoms with van der Waals surface area (Å²) >= 11 is 13.6. The molecule has 1 unspecified atom stereocenters. The van der Waals surface area contributed by atoms with Crippen molar-refractivity contribution in [3.05, 3.63) is 88.4 Å². The SMILES string of the molecule is CCC(Sc1cccc(NC(=O)Cc2ccccc2)c1)C(=O)Nc1cccc(Cl)c1Cl. The van der Waals surface area contributed by atoms with Gasteiger partial charge >= 0.3 is 0 Å². The lowest BCUT2D eigenvalue weighted by molar-refractivity contribution is -0.116. The van der Waals surface area contributed by atoms with Crippen molar-refractivity contribution in [3.63, 3.8) is 0 Å². The van der Waals surface area contributed by atoms with Crippen LogP contribution in [0.3, 0.4) is 0 Å². The van der Waals surface area contributed by atoms with Crippen molar-refractivity contribution in [3.8, 4) is 0 Å². The van der Waals surface area contributed by atoms with Gasteiger partial charge in [0.25, 0.3) is 0 Å². The smallest absolute Gasteiger partial charge is 0.237 e. The molecule has 0 saturated heterocycles. The Bertz CT molecular complexity index is 1060. The Labute approximate surface area is 196 Å². The fourth-order valence-electron chi connectivity index (χ4n) is 2.93. The number of anilines is 2. The lowest BCUT2D eigenvalue weighted by atomic mass is 10.1. The molecule has 0 aromatic heterocycles. The minimum atomic E-state index is -0.328. The second kappa shape index (κ2) is 11.2. The van der Waals surface area contributed by atoms with Gasteiger partial charge in [-0.25, -0.2) is 0 Å². The van der Waals surface area contributed by atoms with Crippen molar-refractivity contribution in [2.75, 3.05) is 10.6 Å². The number of hydrogen-bond donors (Lipinski definition) is 2. The fraction of sp³-hybridized carbons (Fsp3) is 0.167. The summed E-state index contributed by atoms with van der Waals surface area (Å²) in [6.07, 6.45) is 0.928. The highest BCUT2D eigenvalue weighted by Gasteiger charge is 2.19. The van der Waals surface area contributed by atoms with Crippen molar-refractivity contribution >= 4 is 58.2 Å². The lowest BCUT2D eigenvalue weighted by Crippen LogP contribution is -2.24. The molecular weight excluding hydrogens is 451 g/mol. The van der Waals surface area contributed by atoms with E-state index in [1.807, 2.05) is 61.5 Å². The number of rotatable bonds is 8. The van der Waals surface area contributed by atoms with Gasteiger partial charge in [0.1, 0.15) is 0 Å². The zero-order chi connectivity index (χ0) is 22.2. The van der Waals surface area contributed by atoms with Crippen molar-refractivity contribution in [2.45, 2.75) is 29.9 Å². The molecule has 31 heavy (non-hydrogen) atoms. The summed E-state index contributed by atoms with van der Waals surface area (Å²) in [5.74, 6) is -0.246. The van der Waals surface area contributed by atoms with Crippen LogP contribution in [-0.2, 0) is 16.0 Å². The molecule has 3 rings (SSSR count). The van der Waals surface area contributed by atoms with Gasteiger partial charge in [0, 0.05) is 10.6 Å². The van der Waals surface area contributed by atoms with E-state index in [4.69, 9.17) is 23.2 Å². The number of benzene rings is 3. The Hall–Kier alpha value is -2.47. The zero-order valence-electron chi connectivity index (χ0n) is 16.9. The molecular formula is C24H22Cl2N2O2S. The van der Waals surface area contributed by atoms with Gasteiger partial charge in [0.2, 0.25) is 11.8 Å². The first-order chi connectivity index (χ1) is 15.0. The molecule has 0 spiro atoms. The average molecular weight is 473 g/mol. The van der Waals surface area contributed by atoms with Gasteiger partial charge in [0.05, 0.1) is 27.4 Å². The first kappa shape index (κ1) is 23.2. The van der Waals surface area contributed by atoms with Crippen molar-refractivity contribution in [1.29, 1.82) is 0 Å². The number of carbonyl (C=O) groups is 2. The van der Waals surface area contributed by atoms with E-state index in [9.17, 15) is 9.59 Å². The molecule has 3 aromatic rings. The Kier molecular flexibility index (Phi) is 8.41. The summed E-state index contributed by atoms with van der Waals surface area (Å²) in [6.45, 7) is 1.95. The molecule has 3 aromatic carbocycles. The number of thioether (sulfide) groups is 1. The maximum absolute atomic E-state index is 12.8. The summed E-state index contributed by atoms with van der Waals surface area (Å²) in [5.41, 5.74) is 2.13. The van der Waals surface area contributed by atoms with Crippen LogP contribution in [0, 0.1) is 0 Å². The summed E-state index contributed by atoms with van der Waals surface area (Å²) < 4.78 is 0. The maximum atomic E-state index is 12.8. The molecule has 7 heteroatoms. The van der Waals surface area contributed by atoms with E-state index in [0.29, 0.717) is 34.3 Å². The van der Waals surface area contributed by atoms with Crippen molar-refractivity contribution < 1.29 is 9.59 Å². The molecule has 160 valence electrons. The maximum Gasteiger partial charge on any atom is 0.237 e. The third-order valence-corrected chi connectivity index (χ3v) is 6.65. The largest absolute Gasteiger partial charge is 0.326 e. The van der Waals surface area contributed by atoms with Crippen LogP contribution in [0.25, 0.3) is 0 Å². The van der Waals surface area contributed by atoms with E-state index in [1.54, 1.807) is 18.2 Å². The van der Waals surface area contributed by atoms with Crippen molar-refractivity contribution in [2.24, 2.45) is 0 Å². The van der Waals surface area contributed by atoms with Gasteiger partial charge in [-0.3, -0.25) is 9.59 Å². The third kappa shape index (κ3) is 6.76. The Morgan fingerprint density at radius 1 is 0.935 bits per heavy atom. The normalized spacial score (nSPS) is 11.6. The van der Waals surface area contributed by atoms with Crippen LogP contribution in [0.4, 0.5) is 11.4 Å². The molecule has 0 saturated carbocycles. The van der Waals surface area contributed by atoms with Gasteiger partial charge in [0.15, 0.2) is 0 Å². The first-order valence-corrected chi connectivity index (χ1v) is 11.4. The molecule has 0 radical (unpaired) electrons. The highest BCUT2D eigenvalue weighted by atomic mass is 35.5. The third-order valence-electron chi connectivity index (χ3n) is 4.48. The van der Waals surface area contributed by atoms with Crippen LogP contribution >= 0.6 is 35.0 Å². The van der Waals surface area contributed by atoms with Gasteiger partial charge in [-0.2, -0.15) is 0 Å². The molecule has 2 amide bonds. The van der Waals surface area contributed by atoms with E-state index in [2.05, 4.69) is 10.6 Å². The highest BCUT2D eigenvalue weighted by Crippen LogP contribution is 2.32. The fourth-order valence-corrected chi connectivity index (χ4v) is 4.29. The van der Waals surface area contributed by atoms with Gasteiger partial charge in [-0.05, 0) is 42.3 Å². The Morgan fingerprint density at radius 3 is 2.42 bits per heavy atom. The monoisotopic (exact) mass is 472 g/mol. The number of amides is 2. The first-order valence-electron chi connectivity index (χ1n) is 9.81. The number of halogens is 2. The number of carbonyl (C=O) groups excluding carboxylic acids is 2. The van der Waals surface area contributed by atoms with E-state index in [0.717, 1.165) is 10.5 Å². The van der Waals surface area contributed by atoms with Gasteiger partial charge in [-0.1, -0.05) is 72.6 Å². The summed E-state index contributed by atoms with van der Waals surface area (Å²) in [5, 5.41) is 6.15. The molecule has 0 aliphatic rings. The van der Waals surface area contributed by atoms with Crippen LogP contribution in [-0.4, -0.2) is 17.1 Å². The van der Waals surface area contributed by atoms with E-state index in [-0.39, 0.29) is 17.1 Å². The molecule has 0 bridgehead atoms. The Balaban J connectivity index is 1.63. The van der Waals surface area contributed by atoms with E-state index in [1.165, 1.54) is 11.8 Å². The van der Waals surface area contributed by atoms with Crippen molar-refractivity contribution in [1.82, 2.24) is 0 Å². The Morgan fingerprint density at radius 2 is 1.68 bits per heavy atom. The second-order valence-electron chi connectivity index (χ2n) is 6.84. The van der Waals surface area contributed by atoms with Crippen LogP contribution in [0.1, 0.15) is 18.9 Å². The van der Waals surface area contributed by atoms with E-state index < -0.39 is 0 Å². The number of hydrogen-bond acceptors (Lipinski definition) is 3. The molecule has 0 heterocycles. The second-order valence-corrected chi connectivity index (χ2v) is 8.91. The summed E-state index contributed by atoms with van der Waals surface area (Å²) in [4.78, 5) is 26.0. The molecule has 2 N–H and O–H groups in total. The minimum absolute atomic E-state index is 0.0891. The zero-order valence-corrected chi connectivity index (χ0v) is 19.2. The minimum Gasteiger partial charge on any atom is -0.326 e. The van der Waals surface area contributed by atoms with Crippen LogP contribution in [0.5, 0.6) is 0 Å². The predicted octanol–water partition coefficient (Wildman–Crippen LogP) is 6.68. The van der Waals surface area contributed by atoms with Gasteiger partial charge < -0.3 is 10.6 Å². The summed E-state index contributed by atoms with van der Waals surface area (Å²) in [7, 11) is 0. The lowest BCUT2D eigenvalue weighted by Gasteiger charge is -2.16. The van der Waals surface area contributed by atoms with Crippen LogP contribution in [0.2, 0.25) is 10.0 Å². The molecule has 0 fully saturated rings. The topological polar surface area (TPSA) is 58.2 Å². The summed E-state index contributed by atoms with van der Waals surface area (Å²) in [6, 6.07) is 22.2. The average Bonchev–Trinajstić information content (AvgIpc) is 2.76. The predicted molar refractivity (Wildman–Crippen MR) is 130 cm³/mol. The van der Waals surface area contributed by atoms with E-state index >= 15 is 0 Å². The molecule has 0 aliphatic heterocycles. The molecule has 0 aliphatic carbocycles. The standard InChI is InChI=1S/C24H22Cl2N2O2S/c1-2-21(24(30)28-20-13-7-12-19(25)23(20)26)31-18-11-6-10-17(15-18)27-22(29)14-16-8-4-3-5-9-16/h3-13,15,21H,2,14H2,1H3,(H,27,29)(H,28,30). The van der Waals surface area contributed by atoms with Crippen LogP contribution in [0.15, 0.2) is 77.7 Å². The van der Waals surface area contributed by atoms with Gasteiger partial charge in [-0.15, -0.1) is 11.8 Å². The molecule has 4 nitrogen and oxygen atoms in total. The number of nitrogens with one attached hydrogen (secondary N) is 2. The van der Waals surface area contributed by atoms with Crippen LogP contribution < -0.4 is 10.6 Å². The highest BCUT2D eigenvalue weighted by molar-refractivity contribution is 8.00.